The van der Waals surface area contributed by atoms with Crippen molar-refractivity contribution in [3.05, 3.63) is 35.7 Å². The molecule has 134 valence electrons. The first kappa shape index (κ1) is 17.5. The van der Waals surface area contributed by atoms with Gasteiger partial charge in [-0.2, -0.15) is 0 Å². The van der Waals surface area contributed by atoms with Crippen LogP contribution in [0.2, 0.25) is 0 Å². The Bertz CT molecular complexity index is 883. The summed E-state index contributed by atoms with van der Waals surface area (Å²) in [5.74, 6) is 2.92. The highest BCUT2D eigenvalue weighted by atomic mass is 32.2. The van der Waals surface area contributed by atoms with E-state index in [-0.39, 0.29) is 17.5 Å². The van der Waals surface area contributed by atoms with E-state index < -0.39 is 9.84 Å². The molecule has 0 amide bonds. The van der Waals surface area contributed by atoms with E-state index in [2.05, 4.69) is 20.6 Å². The van der Waals surface area contributed by atoms with Crippen molar-refractivity contribution in [1.29, 1.82) is 0 Å². The molecule has 0 radical (unpaired) electrons. The number of sulfone groups is 1. The average molecular weight is 362 g/mol. The minimum atomic E-state index is -2.94. The number of hydrogen-bond acceptors (Lipinski definition) is 7. The summed E-state index contributed by atoms with van der Waals surface area (Å²) >= 11 is 0. The van der Waals surface area contributed by atoms with Gasteiger partial charge in [0.05, 0.1) is 24.3 Å². The normalized spacial score (nSPS) is 18.8. The first-order chi connectivity index (χ1) is 11.8. The summed E-state index contributed by atoms with van der Waals surface area (Å²) in [6.07, 6.45) is 0.597. The van der Waals surface area contributed by atoms with Gasteiger partial charge in [0.25, 0.3) is 0 Å². The predicted octanol–water partition coefficient (Wildman–Crippen LogP) is 2.44. The van der Waals surface area contributed by atoms with Crippen molar-refractivity contribution in [2.75, 3.05) is 29.2 Å². The maximum Gasteiger partial charge on any atom is 0.152 e. The lowest BCUT2D eigenvalue weighted by Gasteiger charge is -2.15. The molecule has 1 aliphatic heterocycles. The van der Waals surface area contributed by atoms with Crippen LogP contribution < -0.4 is 15.4 Å². The summed E-state index contributed by atoms with van der Waals surface area (Å²) in [6, 6.07) is 7.52. The molecule has 8 heteroatoms. The van der Waals surface area contributed by atoms with Crippen molar-refractivity contribution >= 4 is 27.2 Å². The van der Waals surface area contributed by atoms with Crippen LogP contribution in [0.4, 0.5) is 17.3 Å². The Balaban J connectivity index is 1.81. The maximum atomic E-state index is 11.6. The van der Waals surface area contributed by atoms with Crippen LogP contribution in [-0.4, -0.2) is 43.0 Å². The number of ether oxygens (including phenoxy) is 1. The highest BCUT2D eigenvalue weighted by molar-refractivity contribution is 7.91. The van der Waals surface area contributed by atoms with Gasteiger partial charge >= 0.3 is 0 Å². The van der Waals surface area contributed by atoms with Crippen molar-refractivity contribution in [3.8, 4) is 5.75 Å². The fourth-order valence-corrected chi connectivity index (χ4v) is 4.55. The number of methoxy groups -OCH3 is 1. The Morgan fingerprint density at radius 3 is 2.60 bits per heavy atom. The molecule has 0 spiro atoms. The number of aromatic nitrogens is 2. The van der Waals surface area contributed by atoms with Crippen LogP contribution in [0.1, 0.15) is 17.8 Å². The number of nitrogens with one attached hydrogen (secondary N) is 2. The number of hydrogen-bond donors (Lipinski definition) is 2. The van der Waals surface area contributed by atoms with E-state index in [0.717, 1.165) is 17.0 Å². The largest absolute Gasteiger partial charge is 0.495 e. The first-order valence-corrected chi connectivity index (χ1v) is 9.91. The van der Waals surface area contributed by atoms with Crippen LogP contribution in [0.3, 0.4) is 0 Å². The second-order valence-corrected chi connectivity index (χ2v) is 8.49. The Morgan fingerprint density at radius 2 is 1.92 bits per heavy atom. The molecule has 2 heterocycles. The third-order valence-corrected chi connectivity index (χ3v) is 5.81. The van der Waals surface area contributed by atoms with Crippen LogP contribution in [-0.2, 0) is 9.84 Å². The SMILES string of the molecule is COc1ccc(C)cc1Nc1cc(NC2CCS(=O)(=O)C2)nc(C)n1. The average Bonchev–Trinajstić information content (AvgIpc) is 2.85. The standard InChI is InChI=1S/C17H22N4O3S/c1-11-4-5-15(24-3)14(8-11)21-17-9-16(18-12(2)19-17)20-13-6-7-25(22,23)10-13/h4-5,8-9,13H,6-7,10H2,1-3H3,(H2,18,19,20,21). The molecule has 0 aliphatic carbocycles. The van der Waals surface area contributed by atoms with Gasteiger partial charge in [-0.15, -0.1) is 0 Å². The fourth-order valence-electron chi connectivity index (χ4n) is 2.88. The molecule has 1 saturated heterocycles. The second kappa shape index (κ2) is 6.87. The van der Waals surface area contributed by atoms with E-state index in [0.29, 0.717) is 23.9 Å². The summed E-state index contributed by atoms with van der Waals surface area (Å²) in [7, 11) is -1.32. The first-order valence-electron chi connectivity index (χ1n) is 8.09. The van der Waals surface area contributed by atoms with Gasteiger partial charge in [0.2, 0.25) is 0 Å². The van der Waals surface area contributed by atoms with E-state index in [9.17, 15) is 8.42 Å². The Morgan fingerprint density at radius 1 is 1.16 bits per heavy atom. The van der Waals surface area contributed by atoms with Gasteiger partial charge in [-0.3, -0.25) is 0 Å². The van der Waals surface area contributed by atoms with Gasteiger partial charge in [-0.25, -0.2) is 18.4 Å². The van der Waals surface area contributed by atoms with Crippen molar-refractivity contribution < 1.29 is 13.2 Å². The minimum absolute atomic E-state index is 0.111. The van der Waals surface area contributed by atoms with Gasteiger partial charge in [-0.1, -0.05) is 6.07 Å². The van der Waals surface area contributed by atoms with Crippen molar-refractivity contribution in [2.45, 2.75) is 26.3 Å². The molecule has 0 bridgehead atoms. The minimum Gasteiger partial charge on any atom is -0.495 e. The highest BCUT2D eigenvalue weighted by Crippen LogP contribution is 2.28. The summed E-state index contributed by atoms with van der Waals surface area (Å²) in [5.41, 5.74) is 1.92. The Hall–Kier alpha value is -2.35. The van der Waals surface area contributed by atoms with Gasteiger partial charge in [-0.05, 0) is 38.0 Å². The van der Waals surface area contributed by atoms with E-state index in [1.54, 1.807) is 20.1 Å². The van der Waals surface area contributed by atoms with Gasteiger partial charge < -0.3 is 15.4 Å². The lowest BCUT2D eigenvalue weighted by Crippen LogP contribution is -2.21. The fraction of sp³-hybridized carbons (Fsp3) is 0.412. The Kier molecular flexibility index (Phi) is 4.80. The molecular weight excluding hydrogens is 340 g/mol. The molecule has 1 aromatic carbocycles. The van der Waals surface area contributed by atoms with Crippen molar-refractivity contribution in [2.24, 2.45) is 0 Å². The highest BCUT2D eigenvalue weighted by Gasteiger charge is 2.28. The molecule has 25 heavy (non-hydrogen) atoms. The molecule has 2 N–H and O–H groups in total. The van der Waals surface area contributed by atoms with Crippen LogP contribution >= 0.6 is 0 Å². The maximum absolute atomic E-state index is 11.6. The van der Waals surface area contributed by atoms with Crippen LogP contribution in [0.25, 0.3) is 0 Å². The van der Waals surface area contributed by atoms with Crippen molar-refractivity contribution in [3.63, 3.8) is 0 Å². The summed E-state index contributed by atoms with van der Waals surface area (Å²) in [5, 5.41) is 6.45. The lowest BCUT2D eigenvalue weighted by atomic mass is 10.2. The summed E-state index contributed by atoms with van der Waals surface area (Å²) < 4.78 is 28.6. The van der Waals surface area contributed by atoms with E-state index in [4.69, 9.17) is 4.74 Å². The smallest absolute Gasteiger partial charge is 0.152 e. The monoisotopic (exact) mass is 362 g/mol. The molecule has 1 atom stereocenters. The number of nitrogens with zero attached hydrogens (tertiary/aromatic N) is 2. The quantitative estimate of drug-likeness (QED) is 0.844. The number of aryl methyl sites for hydroxylation is 2. The molecule has 2 aromatic rings. The topological polar surface area (TPSA) is 93.2 Å². The third kappa shape index (κ3) is 4.39. The number of anilines is 3. The van der Waals surface area contributed by atoms with E-state index in [1.165, 1.54) is 0 Å². The predicted molar refractivity (Wildman–Crippen MR) is 98.5 cm³/mol. The van der Waals surface area contributed by atoms with E-state index >= 15 is 0 Å². The molecular formula is C17H22N4O3S. The van der Waals surface area contributed by atoms with Gasteiger partial charge in [0.1, 0.15) is 23.2 Å². The summed E-state index contributed by atoms with van der Waals surface area (Å²) in [6.45, 7) is 3.80. The molecule has 7 nitrogen and oxygen atoms in total. The van der Waals surface area contributed by atoms with Crippen molar-refractivity contribution in [1.82, 2.24) is 9.97 Å². The second-order valence-electron chi connectivity index (χ2n) is 6.26. The molecule has 1 fully saturated rings. The summed E-state index contributed by atoms with van der Waals surface area (Å²) in [4.78, 5) is 8.76. The van der Waals surface area contributed by atoms with Crippen LogP contribution in [0.5, 0.6) is 5.75 Å². The number of benzene rings is 1. The van der Waals surface area contributed by atoms with Crippen LogP contribution in [0, 0.1) is 13.8 Å². The molecule has 1 unspecified atom stereocenters. The van der Waals surface area contributed by atoms with Crippen LogP contribution in [0.15, 0.2) is 24.3 Å². The van der Waals surface area contributed by atoms with Gasteiger partial charge in [0, 0.05) is 12.1 Å². The zero-order chi connectivity index (χ0) is 18.0. The molecule has 1 aliphatic rings. The van der Waals surface area contributed by atoms with E-state index in [1.807, 2.05) is 25.1 Å². The molecule has 3 rings (SSSR count). The number of rotatable bonds is 5. The zero-order valence-electron chi connectivity index (χ0n) is 14.5. The Labute approximate surface area is 147 Å². The molecule has 1 aromatic heterocycles. The van der Waals surface area contributed by atoms with Gasteiger partial charge in [0.15, 0.2) is 9.84 Å². The lowest BCUT2D eigenvalue weighted by molar-refractivity contribution is 0.416. The third-order valence-electron chi connectivity index (χ3n) is 4.04. The zero-order valence-corrected chi connectivity index (χ0v) is 15.4. The molecule has 0 saturated carbocycles.